The third kappa shape index (κ3) is 2.29. The Morgan fingerprint density at radius 3 is 2.40 bits per heavy atom. The van der Waals surface area contributed by atoms with E-state index in [1.54, 1.807) is 0 Å². The van der Waals surface area contributed by atoms with Gasteiger partial charge in [0.25, 0.3) is 0 Å². The number of aromatic nitrogens is 2. The summed E-state index contributed by atoms with van der Waals surface area (Å²) in [5.74, 6) is 0. The highest BCUT2D eigenvalue weighted by Crippen LogP contribution is 2.35. The number of hydrogen-bond donors (Lipinski definition) is 1. The summed E-state index contributed by atoms with van der Waals surface area (Å²) in [5, 5.41) is 6.87. The molecule has 0 amide bonds. The van der Waals surface area contributed by atoms with E-state index in [4.69, 9.17) is 4.98 Å². The van der Waals surface area contributed by atoms with Crippen molar-refractivity contribution in [3.63, 3.8) is 0 Å². The minimum atomic E-state index is 0.926. The molecule has 2 heterocycles. The second-order valence-electron chi connectivity index (χ2n) is 6.03. The van der Waals surface area contributed by atoms with Gasteiger partial charge >= 0.3 is 0 Å². The molecule has 3 aromatic carbocycles. The lowest BCUT2D eigenvalue weighted by molar-refractivity contribution is 1.40. The Morgan fingerprint density at radius 2 is 1.48 bits per heavy atom. The highest BCUT2D eigenvalue weighted by Gasteiger charge is 2.12. The second kappa shape index (κ2) is 5.56. The fourth-order valence-corrected chi connectivity index (χ4v) is 3.29. The minimum Gasteiger partial charge on any atom is -0.354 e. The summed E-state index contributed by atoms with van der Waals surface area (Å²) in [6.45, 7) is 0. The van der Waals surface area contributed by atoms with Crippen LogP contribution < -0.4 is 5.32 Å². The third-order valence-corrected chi connectivity index (χ3v) is 4.47. The molecule has 3 heteroatoms. The smallest absolute Gasteiger partial charge is 0.0993 e. The second-order valence-corrected chi connectivity index (χ2v) is 6.03. The van der Waals surface area contributed by atoms with Gasteiger partial charge in [-0.15, -0.1) is 0 Å². The van der Waals surface area contributed by atoms with Crippen LogP contribution in [0.25, 0.3) is 32.7 Å². The lowest BCUT2D eigenvalue weighted by Gasteiger charge is -2.14. The molecule has 5 aromatic rings. The number of rotatable bonds is 2. The standard InChI is InChI=1S/C22H15N3/c1-2-8-16(9-3-1)24-21-17-10-4-5-11-19(17)25-22-18(21)13-12-15-7-6-14-23-20(15)22/h1-14H,(H,24,25). The molecule has 0 unspecified atom stereocenters. The van der Waals surface area contributed by atoms with Gasteiger partial charge in [-0.05, 0) is 30.3 Å². The predicted octanol–water partition coefficient (Wildman–Crippen LogP) is 5.68. The van der Waals surface area contributed by atoms with E-state index < -0.39 is 0 Å². The van der Waals surface area contributed by atoms with Crippen molar-refractivity contribution in [1.82, 2.24) is 9.97 Å². The van der Waals surface area contributed by atoms with E-state index in [0.29, 0.717) is 0 Å². The zero-order valence-electron chi connectivity index (χ0n) is 13.5. The normalized spacial score (nSPS) is 11.2. The molecule has 0 bridgehead atoms. The first-order valence-electron chi connectivity index (χ1n) is 8.28. The van der Waals surface area contributed by atoms with Gasteiger partial charge in [0.2, 0.25) is 0 Å². The maximum atomic E-state index is 4.91. The molecule has 0 spiro atoms. The number of para-hydroxylation sites is 2. The predicted molar refractivity (Wildman–Crippen MR) is 104 cm³/mol. The highest BCUT2D eigenvalue weighted by atomic mass is 14.9. The Kier molecular flexibility index (Phi) is 3.10. The van der Waals surface area contributed by atoms with Crippen LogP contribution in [-0.2, 0) is 0 Å². The van der Waals surface area contributed by atoms with Gasteiger partial charge in [0.15, 0.2) is 0 Å². The van der Waals surface area contributed by atoms with Crippen molar-refractivity contribution in [3.8, 4) is 0 Å². The summed E-state index contributed by atoms with van der Waals surface area (Å²) >= 11 is 0. The number of pyridine rings is 2. The molecule has 0 radical (unpaired) electrons. The highest BCUT2D eigenvalue weighted by molar-refractivity contribution is 6.15. The first-order valence-corrected chi connectivity index (χ1v) is 8.28. The molecule has 25 heavy (non-hydrogen) atoms. The lowest BCUT2D eigenvalue weighted by atomic mass is 10.0. The van der Waals surface area contributed by atoms with Gasteiger partial charge in [-0.3, -0.25) is 4.98 Å². The van der Waals surface area contributed by atoms with Gasteiger partial charge in [0.1, 0.15) is 0 Å². The van der Waals surface area contributed by atoms with Crippen molar-refractivity contribution in [2.45, 2.75) is 0 Å². The molecule has 0 saturated carbocycles. The molecule has 0 aliphatic carbocycles. The Labute approximate surface area is 145 Å². The van der Waals surface area contributed by atoms with Gasteiger partial charge in [0, 0.05) is 28.0 Å². The van der Waals surface area contributed by atoms with Gasteiger partial charge in [-0.25, -0.2) is 4.98 Å². The van der Waals surface area contributed by atoms with Crippen LogP contribution in [0.15, 0.2) is 85.1 Å². The average molecular weight is 321 g/mol. The van der Waals surface area contributed by atoms with Crippen molar-refractivity contribution in [3.05, 3.63) is 85.1 Å². The number of hydrogen-bond acceptors (Lipinski definition) is 3. The largest absolute Gasteiger partial charge is 0.354 e. The molecule has 0 fully saturated rings. The zero-order chi connectivity index (χ0) is 16.6. The van der Waals surface area contributed by atoms with Gasteiger partial charge in [-0.1, -0.05) is 48.5 Å². The number of fused-ring (bicyclic) bond motifs is 4. The van der Waals surface area contributed by atoms with Crippen LogP contribution in [0.2, 0.25) is 0 Å². The van der Waals surface area contributed by atoms with E-state index in [2.05, 4.69) is 46.7 Å². The van der Waals surface area contributed by atoms with Crippen molar-refractivity contribution >= 4 is 44.1 Å². The molecule has 118 valence electrons. The monoisotopic (exact) mass is 321 g/mol. The lowest BCUT2D eigenvalue weighted by Crippen LogP contribution is -1.96. The molecule has 3 nitrogen and oxygen atoms in total. The molecular weight excluding hydrogens is 306 g/mol. The number of benzene rings is 3. The summed E-state index contributed by atoms with van der Waals surface area (Å²) in [6.07, 6.45) is 1.82. The van der Waals surface area contributed by atoms with E-state index in [1.165, 1.54) is 0 Å². The summed E-state index contributed by atoms with van der Waals surface area (Å²) in [6, 6.07) is 26.7. The van der Waals surface area contributed by atoms with Crippen molar-refractivity contribution < 1.29 is 0 Å². The molecule has 0 saturated heterocycles. The number of anilines is 2. The Balaban J connectivity index is 1.90. The number of nitrogens with one attached hydrogen (secondary N) is 1. The Hall–Kier alpha value is -3.46. The van der Waals surface area contributed by atoms with Crippen molar-refractivity contribution in [2.75, 3.05) is 5.32 Å². The summed E-state index contributed by atoms with van der Waals surface area (Å²) < 4.78 is 0. The van der Waals surface area contributed by atoms with E-state index >= 15 is 0 Å². The molecule has 1 N–H and O–H groups in total. The minimum absolute atomic E-state index is 0.926. The molecule has 5 rings (SSSR count). The summed E-state index contributed by atoms with van der Waals surface area (Å²) in [5.41, 5.74) is 4.95. The van der Waals surface area contributed by atoms with E-state index in [9.17, 15) is 0 Å². The fraction of sp³-hybridized carbons (Fsp3) is 0. The topological polar surface area (TPSA) is 37.8 Å². The number of nitrogens with zero attached hydrogens (tertiary/aromatic N) is 2. The first kappa shape index (κ1) is 13.9. The van der Waals surface area contributed by atoms with Crippen LogP contribution in [0, 0.1) is 0 Å². The summed E-state index contributed by atoms with van der Waals surface area (Å²) in [4.78, 5) is 9.48. The Morgan fingerprint density at radius 1 is 0.640 bits per heavy atom. The quantitative estimate of drug-likeness (QED) is 0.336. The Bertz CT molecular complexity index is 1210. The van der Waals surface area contributed by atoms with Crippen molar-refractivity contribution in [1.29, 1.82) is 0 Å². The van der Waals surface area contributed by atoms with Crippen LogP contribution in [0.1, 0.15) is 0 Å². The van der Waals surface area contributed by atoms with Gasteiger partial charge in [-0.2, -0.15) is 0 Å². The van der Waals surface area contributed by atoms with Crippen LogP contribution in [0.5, 0.6) is 0 Å². The van der Waals surface area contributed by atoms with Gasteiger partial charge in [0.05, 0.1) is 22.2 Å². The summed E-state index contributed by atoms with van der Waals surface area (Å²) in [7, 11) is 0. The molecule has 0 atom stereocenters. The first-order chi connectivity index (χ1) is 12.4. The van der Waals surface area contributed by atoms with Crippen LogP contribution >= 0.6 is 0 Å². The molecule has 2 aromatic heterocycles. The van der Waals surface area contributed by atoms with Crippen molar-refractivity contribution in [2.24, 2.45) is 0 Å². The van der Waals surface area contributed by atoms with E-state index in [0.717, 1.165) is 44.1 Å². The maximum Gasteiger partial charge on any atom is 0.0993 e. The van der Waals surface area contributed by atoms with E-state index in [1.807, 2.05) is 48.7 Å². The third-order valence-electron chi connectivity index (χ3n) is 4.47. The zero-order valence-corrected chi connectivity index (χ0v) is 13.5. The molecule has 0 aliphatic heterocycles. The van der Waals surface area contributed by atoms with Crippen LogP contribution in [0.3, 0.4) is 0 Å². The van der Waals surface area contributed by atoms with Crippen LogP contribution in [-0.4, -0.2) is 9.97 Å². The van der Waals surface area contributed by atoms with Crippen LogP contribution in [0.4, 0.5) is 11.4 Å². The maximum absolute atomic E-state index is 4.91. The molecule has 0 aliphatic rings. The average Bonchev–Trinajstić information content (AvgIpc) is 2.68. The molecular formula is C22H15N3. The van der Waals surface area contributed by atoms with E-state index in [-0.39, 0.29) is 0 Å². The fourth-order valence-electron chi connectivity index (χ4n) is 3.29. The SMILES string of the molecule is c1ccc(Nc2c3ccccc3nc3c2ccc2cccnc23)cc1. The van der Waals surface area contributed by atoms with Gasteiger partial charge < -0.3 is 5.32 Å².